The molecule has 0 aromatic heterocycles. The molecular formula is C19H22ClNO3. The fraction of sp³-hybridized carbons (Fsp3) is 0.316. The third-order valence-corrected chi connectivity index (χ3v) is 3.92. The number of methoxy groups -OCH3 is 2. The Labute approximate surface area is 147 Å². The first-order valence-corrected chi connectivity index (χ1v) is 8.13. The highest BCUT2D eigenvalue weighted by Gasteiger charge is 2.08. The van der Waals surface area contributed by atoms with Crippen molar-refractivity contribution in [1.29, 1.82) is 0 Å². The molecule has 0 aliphatic carbocycles. The summed E-state index contributed by atoms with van der Waals surface area (Å²) in [7, 11) is 3.23. The highest BCUT2D eigenvalue weighted by atomic mass is 35.5. The Hall–Kier alpha value is -2.20. The molecule has 0 atom stereocenters. The van der Waals surface area contributed by atoms with Gasteiger partial charge in [0.05, 0.1) is 14.2 Å². The van der Waals surface area contributed by atoms with Crippen molar-refractivity contribution in [2.24, 2.45) is 0 Å². The Morgan fingerprint density at radius 3 is 2.58 bits per heavy atom. The van der Waals surface area contributed by atoms with Gasteiger partial charge in [0.25, 0.3) is 0 Å². The molecule has 24 heavy (non-hydrogen) atoms. The van der Waals surface area contributed by atoms with Crippen molar-refractivity contribution >= 4 is 17.5 Å². The van der Waals surface area contributed by atoms with E-state index in [0.29, 0.717) is 24.4 Å². The average molecular weight is 348 g/mol. The fourth-order valence-corrected chi connectivity index (χ4v) is 2.84. The molecule has 0 aliphatic rings. The maximum Gasteiger partial charge on any atom is 0.220 e. The largest absolute Gasteiger partial charge is 0.497 e. The molecule has 0 aliphatic heterocycles. The first-order valence-electron chi connectivity index (χ1n) is 7.75. The second-order valence-corrected chi connectivity index (χ2v) is 6.03. The molecule has 5 heteroatoms. The topological polar surface area (TPSA) is 47.6 Å². The van der Waals surface area contributed by atoms with E-state index in [2.05, 4.69) is 5.32 Å². The zero-order valence-electron chi connectivity index (χ0n) is 14.2. The summed E-state index contributed by atoms with van der Waals surface area (Å²) in [6, 6.07) is 11.3. The van der Waals surface area contributed by atoms with Crippen molar-refractivity contribution in [2.75, 3.05) is 14.2 Å². The van der Waals surface area contributed by atoms with Crippen molar-refractivity contribution in [3.8, 4) is 11.5 Å². The minimum atomic E-state index is -0.0162. The lowest BCUT2D eigenvalue weighted by Gasteiger charge is -2.11. The molecule has 2 aromatic carbocycles. The standard InChI is InChI=1S/C19H22ClNO3/c1-13-8-14(10-16(20)9-13)12-21-19(22)7-4-15-11-17(23-2)5-6-18(15)24-3/h5-6,8-11H,4,7,12H2,1-3H3,(H,21,22). The molecule has 4 nitrogen and oxygen atoms in total. The molecule has 128 valence electrons. The zero-order chi connectivity index (χ0) is 17.5. The number of benzene rings is 2. The van der Waals surface area contributed by atoms with Crippen LogP contribution in [0.15, 0.2) is 36.4 Å². The van der Waals surface area contributed by atoms with Crippen LogP contribution in [0.3, 0.4) is 0 Å². The van der Waals surface area contributed by atoms with Gasteiger partial charge < -0.3 is 14.8 Å². The van der Waals surface area contributed by atoms with Gasteiger partial charge in [0.2, 0.25) is 5.91 Å². The van der Waals surface area contributed by atoms with Crippen LogP contribution in [0, 0.1) is 6.92 Å². The molecule has 0 heterocycles. The minimum Gasteiger partial charge on any atom is -0.497 e. The van der Waals surface area contributed by atoms with Gasteiger partial charge in [-0.3, -0.25) is 4.79 Å². The average Bonchev–Trinajstić information content (AvgIpc) is 2.57. The van der Waals surface area contributed by atoms with E-state index in [1.165, 1.54) is 0 Å². The summed E-state index contributed by atoms with van der Waals surface area (Å²) in [5.41, 5.74) is 3.02. The number of hydrogen-bond acceptors (Lipinski definition) is 3. The summed E-state index contributed by atoms with van der Waals surface area (Å²) >= 11 is 6.03. The van der Waals surface area contributed by atoms with Crippen LogP contribution < -0.4 is 14.8 Å². The number of nitrogens with one attached hydrogen (secondary N) is 1. The van der Waals surface area contributed by atoms with E-state index in [1.807, 2.05) is 43.3 Å². The van der Waals surface area contributed by atoms with E-state index < -0.39 is 0 Å². The third kappa shape index (κ3) is 5.17. The maximum absolute atomic E-state index is 12.1. The number of carbonyl (C=O) groups is 1. The molecular weight excluding hydrogens is 326 g/mol. The molecule has 0 saturated carbocycles. The van der Waals surface area contributed by atoms with Gasteiger partial charge in [-0.2, -0.15) is 0 Å². The van der Waals surface area contributed by atoms with E-state index in [9.17, 15) is 4.79 Å². The van der Waals surface area contributed by atoms with Gasteiger partial charge in [-0.15, -0.1) is 0 Å². The first kappa shape index (κ1) is 18.1. The molecule has 2 rings (SSSR count). The van der Waals surface area contributed by atoms with Crippen molar-refractivity contribution in [2.45, 2.75) is 26.3 Å². The predicted octanol–water partition coefficient (Wildman–Crippen LogP) is 3.91. The van der Waals surface area contributed by atoms with Gasteiger partial charge in [-0.1, -0.05) is 17.7 Å². The Balaban J connectivity index is 1.91. The molecule has 1 N–H and O–H groups in total. The lowest BCUT2D eigenvalue weighted by atomic mass is 10.1. The van der Waals surface area contributed by atoms with Crippen LogP contribution in [0.25, 0.3) is 0 Å². The van der Waals surface area contributed by atoms with E-state index in [4.69, 9.17) is 21.1 Å². The Kier molecular flexibility index (Phi) is 6.50. The van der Waals surface area contributed by atoms with Crippen LogP contribution in [0.4, 0.5) is 0 Å². The van der Waals surface area contributed by atoms with Crippen LogP contribution in [-0.2, 0) is 17.8 Å². The second-order valence-electron chi connectivity index (χ2n) is 5.59. The van der Waals surface area contributed by atoms with Crippen LogP contribution in [0.1, 0.15) is 23.1 Å². The summed E-state index contributed by atoms with van der Waals surface area (Å²) < 4.78 is 10.6. The van der Waals surface area contributed by atoms with Gasteiger partial charge >= 0.3 is 0 Å². The number of carbonyl (C=O) groups excluding carboxylic acids is 1. The number of ether oxygens (including phenoxy) is 2. The van der Waals surface area contributed by atoms with E-state index >= 15 is 0 Å². The molecule has 0 bridgehead atoms. The van der Waals surface area contributed by atoms with E-state index in [1.54, 1.807) is 14.2 Å². The zero-order valence-corrected chi connectivity index (χ0v) is 14.9. The molecule has 0 unspecified atom stereocenters. The molecule has 0 radical (unpaired) electrons. The van der Waals surface area contributed by atoms with Crippen LogP contribution in [0.5, 0.6) is 11.5 Å². The fourth-order valence-electron chi connectivity index (χ4n) is 2.53. The van der Waals surface area contributed by atoms with E-state index in [0.717, 1.165) is 28.2 Å². The summed E-state index contributed by atoms with van der Waals surface area (Å²) in [4.78, 5) is 12.1. The van der Waals surface area contributed by atoms with Gasteiger partial charge in [-0.25, -0.2) is 0 Å². The predicted molar refractivity (Wildman–Crippen MR) is 95.9 cm³/mol. The number of hydrogen-bond donors (Lipinski definition) is 1. The summed E-state index contributed by atoms with van der Waals surface area (Å²) in [6.07, 6.45) is 0.962. The maximum atomic E-state index is 12.1. The molecule has 0 fully saturated rings. The lowest BCUT2D eigenvalue weighted by molar-refractivity contribution is -0.121. The highest BCUT2D eigenvalue weighted by Crippen LogP contribution is 2.25. The SMILES string of the molecule is COc1ccc(OC)c(CCC(=O)NCc2cc(C)cc(Cl)c2)c1. The number of rotatable bonds is 7. The van der Waals surface area contributed by atoms with Crippen molar-refractivity contribution in [3.63, 3.8) is 0 Å². The smallest absolute Gasteiger partial charge is 0.220 e. The summed E-state index contributed by atoms with van der Waals surface area (Å²) in [5.74, 6) is 1.49. The first-order chi connectivity index (χ1) is 11.5. The summed E-state index contributed by atoms with van der Waals surface area (Å²) in [5, 5.41) is 3.60. The Morgan fingerprint density at radius 1 is 1.12 bits per heavy atom. The van der Waals surface area contributed by atoms with Crippen molar-refractivity contribution in [3.05, 3.63) is 58.1 Å². The normalized spacial score (nSPS) is 10.3. The van der Waals surface area contributed by atoms with E-state index in [-0.39, 0.29) is 5.91 Å². The molecule has 2 aromatic rings. The third-order valence-electron chi connectivity index (χ3n) is 3.70. The quantitative estimate of drug-likeness (QED) is 0.826. The van der Waals surface area contributed by atoms with Crippen LogP contribution >= 0.6 is 11.6 Å². The highest BCUT2D eigenvalue weighted by molar-refractivity contribution is 6.30. The number of aryl methyl sites for hydroxylation is 2. The second kappa shape index (κ2) is 8.60. The van der Waals surface area contributed by atoms with Gasteiger partial charge in [0, 0.05) is 18.0 Å². The lowest BCUT2D eigenvalue weighted by Crippen LogP contribution is -2.23. The van der Waals surface area contributed by atoms with Gasteiger partial charge in [0.1, 0.15) is 11.5 Å². The Bertz CT molecular complexity index is 696. The van der Waals surface area contributed by atoms with Gasteiger partial charge in [0.15, 0.2) is 0 Å². The van der Waals surface area contributed by atoms with Gasteiger partial charge in [-0.05, 0) is 60.4 Å². The van der Waals surface area contributed by atoms with Crippen molar-refractivity contribution in [1.82, 2.24) is 5.32 Å². The van der Waals surface area contributed by atoms with Crippen LogP contribution in [-0.4, -0.2) is 20.1 Å². The molecule has 0 spiro atoms. The monoisotopic (exact) mass is 347 g/mol. The number of amides is 1. The number of halogens is 1. The Morgan fingerprint density at radius 2 is 1.92 bits per heavy atom. The molecule has 0 saturated heterocycles. The van der Waals surface area contributed by atoms with Crippen molar-refractivity contribution < 1.29 is 14.3 Å². The van der Waals surface area contributed by atoms with Crippen LogP contribution in [0.2, 0.25) is 5.02 Å². The minimum absolute atomic E-state index is 0.0162. The molecule has 1 amide bonds. The summed E-state index contributed by atoms with van der Waals surface area (Å²) in [6.45, 7) is 2.45.